The van der Waals surface area contributed by atoms with Crippen LogP contribution < -0.4 is 15.5 Å². The molecule has 2 aromatic carbocycles. The van der Waals surface area contributed by atoms with Crippen LogP contribution in [0.15, 0.2) is 65.9 Å². The summed E-state index contributed by atoms with van der Waals surface area (Å²) in [6, 6.07) is 15.0. The number of carbonyl (C=O) groups is 2. The minimum Gasteiger partial charge on any atom is -0.497 e. The van der Waals surface area contributed by atoms with Crippen molar-refractivity contribution in [3.05, 3.63) is 77.7 Å². The van der Waals surface area contributed by atoms with E-state index in [0.29, 0.717) is 16.9 Å². The summed E-state index contributed by atoms with van der Waals surface area (Å²) in [6.45, 7) is -0.508. The molecule has 0 fully saturated rings. The number of rotatable bonds is 8. The second kappa shape index (κ2) is 10.7. The van der Waals surface area contributed by atoms with Crippen molar-refractivity contribution in [2.24, 2.45) is 5.10 Å². The van der Waals surface area contributed by atoms with Crippen molar-refractivity contribution < 1.29 is 27.5 Å². The van der Waals surface area contributed by atoms with Gasteiger partial charge in [0.25, 0.3) is 5.91 Å². The summed E-state index contributed by atoms with van der Waals surface area (Å²) in [5.74, 6) is -0.865. The third-order valence-corrected chi connectivity index (χ3v) is 4.93. The molecule has 4 aromatic rings. The van der Waals surface area contributed by atoms with Gasteiger partial charge in [-0.3, -0.25) is 14.7 Å². The number of aromatic amines is 1. The molecule has 14 heteroatoms. The Labute approximate surface area is 207 Å². The average molecular weight is 512 g/mol. The summed E-state index contributed by atoms with van der Waals surface area (Å²) in [4.78, 5) is 24.8. The number of ether oxygens (including phenoxy) is 1. The van der Waals surface area contributed by atoms with Gasteiger partial charge in [0, 0.05) is 5.56 Å². The Morgan fingerprint density at radius 3 is 2.54 bits per heavy atom. The summed E-state index contributed by atoms with van der Waals surface area (Å²) in [6.07, 6.45) is -2.22. The number of hydrogen-bond donors (Lipinski definition) is 3. The molecule has 37 heavy (non-hydrogen) atoms. The normalized spacial score (nSPS) is 11.5. The van der Waals surface area contributed by atoms with Gasteiger partial charge in [0.2, 0.25) is 5.91 Å². The number of H-pyrrole nitrogens is 1. The Bertz CT molecular complexity index is 1410. The number of nitrogens with one attached hydrogen (secondary N) is 3. The first-order valence-electron chi connectivity index (χ1n) is 10.6. The highest BCUT2D eigenvalue weighted by atomic mass is 19.4. The van der Waals surface area contributed by atoms with Crippen LogP contribution in [0.5, 0.6) is 5.75 Å². The molecule has 0 aliphatic heterocycles. The van der Waals surface area contributed by atoms with Gasteiger partial charge in [-0.2, -0.15) is 23.4 Å². The molecule has 0 aliphatic rings. The molecule has 0 atom stereocenters. The maximum atomic E-state index is 13.5. The summed E-state index contributed by atoms with van der Waals surface area (Å²) >= 11 is 0. The molecule has 0 radical (unpaired) electrons. The van der Waals surface area contributed by atoms with Gasteiger partial charge in [-0.25, -0.2) is 10.1 Å². The summed E-state index contributed by atoms with van der Waals surface area (Å²) < 4.78 is 46.5. The van der Waals surface area contributed by atoms with E-state index in [1.807, 2.05) is 5.10 Å². The maximum Gasteiger partial charge on any atom is 0.434 e. The lowest BCUT2D eigenvalue weighted by Gasteiger charge is -2.10. The molecule has 190 valence electrons. The number of aromatic nitrogens is 5. The Hall–Kier alpha value is -5.01. The van der Waals surface area contributed by atoms with Crippen LogP contribution in [0, 0.1) is 0 Å². The number of anilines is 1. The molecule has 11 nitrogen and oxygen atoms in total. The SMILES string of the molecule is COc1ccc(/C=N/NC(=O)c2cn(CC(=O)Nc3c(-c4ccccc4)n[nH]c3C(F)(F)F)nn2)cc1. The molecule has 0 aliphatic carbocycles. The van der Waals surface area contributed by atoms with Crippen molar-refractivity contribution >= 4 is 23.7 Å². The minimum atomic E-state index is -4.78. The van der Waals surface area contributed by atoms with Crippen molar-refractivity contribution in [2.75, 3.05) is 12.4 Å². The standard InChI is InChI=1S/C23H19F3N8O3/c1-37-16-9-7-14(8-10-16)11-27-32-22(36)17-12-34(33-29-17)13-18(35)28-20-19(15-5-3-2-4-6-15)30-31-21(20)23(24,25)26/h2-12H,13H2,1H3,(H,28,35)(H,30,31)(H,32,36)/b27-11+. The van der Waals surface area contributed by atoms with Gasteiger partial charge in [0.1, 0.15) is 18.0 Å². The van der Waals surface area contributed by atoms with Gasteiger partial charge in [-0.05, 0) is 29.8 Å². The molecule has 0 saturated heterocycles. The number of halogens is 3. The number of carbonyl (C=O) groups excluding carboxylic acids is 2. The van der Waals surface area contributed by atoms with E-state index in [4.69, 9.17) is 4.74 Å². The fraction of sp³-hybridized carbons (Fsp3) is 0.130. The molecule has 0 unspecified atom stereocenters. The Morgan fingerprint density at radius 1 is 1.14 bits per heavy atom. The Balaban J connectivity index is 1.41. The lowest BCUT2D eigenvalue weighted by atomic mass is 10.1. The van der Waals surface area contributed by atoms with Crippen LogP contribution in [-0.2, 0) is 17.5 Å². The second-order valence-corrected chi connectivity index (χ2v) is 7.51. The highest BCUT2D eigenvalue weighted by Crippen LogP contribution is 2.38. The van der Waals surface area contributed by atoms with E-state index in [1.165, 1.54) is 6.21 Å². The molecule has 0 spiro atoms. The number of alkyl halides is 3. The lowest BCUT2D eigenvalue weighted by Crippen LogP contribution is -2.21. The summed E-state index contributed by atoms with van der Waals surface area (Å²) in [7, 11) is 1.54. The molecule has 3 N–H and O–H groups in total. The number of hydrogen-bond acceptors (Lipinski definition) is 7. The smallest absolute Gasteiger partial charge is 0.434 e. The lowest BCUT2D eigenvalue weighted by molar-refractivity contribution is -0.140. The van der Waals surface area contributed by atoms with Crippen LogP contribution in [0.1, 0.15) is 21.7 Å². The van der Waals surface area contributed by atoms with Crippen molar-refractivity contribution in [3.63, 3.8) is 0 Å². The van der Waals surface area contributed by atoms with Crippen LogP contribution in [0.4, 0.5) is 18.9 Å². The molecule has 0 bridgehead atoms. The maximum absolute atomic E-state index is 13.5. The van der Waals surface area contributed by atoms with Crippen LogP contribution in [-0.4, -0.2) is 50.3 Å². The summed E-state index contributed by atoms with van der Waals surface area (Å²) in [5.41, 5.74) is 1.41. The van der Waals surface area contributed by atoms with E-state index in [1.54, 1.807) is 61.7 Å². The van der Waals surface area contributed by atoms with Gasteiger partial charge in [0.05, 0.1) is 25.2 Å². The Kier molecular flexibility index (Phi) is 7.27. The number of methoxy groups -OCH3 is 1. The van der Waals surface area contributed by atoms with Crippen molar-refractivity contribution in [1.29, 1.82) is 0 Å². The van der Waals surface area contributed by atoms with Crippen molar-refractivity contribution in [3.8, 4) is 17.0 Å². The monoisotopic (exact) mass is 512 g/mol. The van der Waals surface area contributed by atoms with E-state index in [2.05, 4.69) is 31.3 Å². The van der Waals surface area contributed by atoms with Gasteiger partial charge in [0.15, 0.2) is 11.4 Å². The summed E-state index contributed by atoms with van der Waals surface area (Å²) in [5, 5.41) is 19.1. The zero-order chi connectivity index (χ0) is 26.4. The molecule has 2 aromatic heterocycles. The van der Waals surface area contributed by atoms with Crippen LogP contribution >= 0.6 is 0 Å². The number of hydrazone groups is 1. The molecule has 4 rings (SSSR count). The van der Waals surface area contributed by atoms with Gasteiger partial charge in [-0.1, -0.05) is 35.5 Å². The minimum absolute atomic E-state index is 0.0744. The van der Waals surface area contributed by atoms with Crippen LogP contribution in [0.3, 0.4) is 0 Å². The fourth-order valence-electron chi connectivity index (χ4n) is 3.19. The average Bonchev–Trinajstić information content (AvgIpc) is 3.52. The third kappa shape index (κ3) is 6.17. The van der Waals surface area contributed by atoms with Gasteiger partial charge in [-0.15, -0.1) is 5.10 Å². The zero-order valence-electron chi connectivity index (χ0n) is 19.2. The van der Waals surface area contributed by atoms with Gasteiger partial charge >= 0.3 is 6.18 Å². The van der Waals surface area contributed by atoms with Crippen LogP contribution in [0.2, 0.25) is 0 Å². The van der Waals surface area contributed by atoms with E-state index in [9.17, 15) is 22.8 Å². The van der Waals surface area contributed by atoms with E-state index in [-0.39, 0.29) is 11.4 Å². The highest BCUT2D eigenvalue weighted by Gasteiger charge is 2.38. The molecular formula is C23H19F3N8O3. The molecular weight excluding hydrogens is 493 g/mol. The molecule has 0 saturated carbocycles. The highest BCUT2D eigenvalue weighted by molar-refractivity contribution is 5.96. The number of amides is 2. The number of benzene rings is 2. The third-order valence-electron chi connectivity index (χ3n) is 4.93. The topological polar surface area (TPSA) is 139 Å². The largest absolute Gasteiger partial charge is 0.497 e. The zero-order valence-corrected chi connectivity index (χ0v) is 19.2. The molecule has 2 heterocycles. The number of nitrogens with zero attached hydrogens (tertiary/aromatic N) is 5. The fourth-order valence-corrected chi connectivity index (χ4v) is 3.19. The quantitative estimate of drug-likeness (QED) is 0.245. The predicted octanol–water partition coefficient (Wildman–Crippen LogP) is 3.10. The van der Waals surface area contributed by atoms with E-state index < -0.39 is 35.9 Å². The first-order chi connectivity index (χ1) is 17.7. The first-order valence-corrected chi connectivity index (χ1v) is 10.6. The van der Waals surface area contributed by atoms with Crippen molar-refractivity contribution in [1.82, 2.24) is 30.6 Å². The predicted molar refractivity (Wildman–Crippen MR) is 126 cm³/mol. The van der Waals surface area contributed by atoms with Crippen LogP contribution in [0.25, 0.3) is 11.3 Å². The van der Waals surface area contributed by atoms with E-state index in [0.717, 1.165) is 10.9 Å². The van der Waals surface area contributed by atoms with E-state index >= 15 is 0 Å². The second-order valence-electron chi connectivity index (χ2n) is 7.51. The van der Waals surface area contributed by atoms with Gasteiger partial charge < -0.3 is 10.1 Å². The molecule has 2 amide bonds. The Morgan fingerprint density at radius 2 is 1.86 bits per heavy atom. The van der Waals surface area contributed by atoms with Crippen molar-refractivity contribution in [2.45, 2.75) is 12.7 Å². The first kappa shape index (κ1) is 25.1.